The van der Waals surface area contributed by atoms with Gasteiger partial charge in [0, 0.05) is 24.2 Å². The number of hydrogen-bond acceptors (Lipinski definition) is 4. The van der Waals surface area contributed by atoms with Crippen molar-refractivity contribution in [2.45, 2.75) is 6.92 Å². The van der Waals surface area contributed by atoms with E-state index in [2.05, 4.69) is 10.6 Å². The molecule has 2 aromatic rings. The van der Waals surface area contributed by atoms with Crippen LogP contribution in [0.15, 0.2) is 42.5 Å². The van der Waals surface area contributed by atoms with Crippen LogP contribution >= 0.6 is 0 Å². The Bertz CT molecular complexity index is 742. The fourth-order valence-electron chi connectivity index (χ4n) is 2.24. The molecule has 25 heavy (non-hydrogen) atoms. The highest BCUT2D eigenvalue weighted by molar-refractivity contribution is 5.95. The highest BCUT2D eigenvalue weighted by Crippen LogP contribution is 2.27. The molecular formula is C19H22N2O4. The Hall–Kier alpha value is -3.02. The number of carbonyl (C=O) groups excluding carboxylic acids is 2. The first-order valence-corrected chi connectivity index (χ1v) is 7.90. The lowest BCUT2D eigenvalue weighted by Crippen LogP contribution is -2.34. The number of hydrogen-bond donors (Lipinski definition) is 2. The summed E-state index contributed by atoms with van der Waals surface area (Å²) in [6.07, 6.45) is 0. The van der Waals surface area contributed by atoms with Gasteiger partial charge in [-0.3, -0.25) is 9.59 Å². The quantitative estimate of drug-likeness (QED) is 0.756. The maximum absolute atomic E-state index is 12.1. The summed E-state index contributed by atoms with van der Waals surface area (Å²) in [6, 6.07) is 12.2. The van der Waals surface area contributed by atoms with Gasteiger partial charge in [-0.2, -0.15) is 0 Å². The summed E-state index contributed by atoms with van der Waals surface area (Å²) in [5, 5.41) is 5.52. The lowest BCUT2D eigenvalue weighted by Gasteiger charge is -2.10. The van der Waals surface area contributed by atoms with Crippen molar-refractivity contribution in [3.63, 3.8) is 0 Å². The van der Waals surface area contributed by atoms with E-state index < -0.39 is 0 Å². The van der Waals surface area contributed by atoms with Gasteiger partial charge in [-0.05, 0) is 37.3 Å². The van der Waals surface area contributed by atoms with E-state index >= 15 is 0 Å². The standard InChI is InChI=1S/C19H22N2O4/c1-13-4-6-14(7-5-13)18(22)20-10-11-21-19(23)15-8-9-16(24-2)17(12-15)25-3/h4-9,12H,10-11H2,1-3H3,(H,20,22)(H,21,23). The average molecular weight is 342 g/mol. The summed E-state index contributed by atoms with van der Waals surface area (Å²) in [6.45, 7) is 2.63. The number of ether oxygens (including phenoxy) is 2. The fourth-order valence-corrected chi connectivity index (χ4v) is 2.24. The van der Waals surface area contributed by atoms with Crippen molar-refractivity contribution >= 4 is 11.8 Å². The van der Waals surface area contributed by atoms with Gasteiger partial charge in [0.05, 0.1) is 14.2 Å². The predicted octanol–water partition coefficient (Wildman–Crippen LogP) is 2.17. The van der Waals surface area contributed by atoms with Crippen molar-refractivity contribution < 1.29 is 19.1 Å². The van der Waals surface area contributed by atoms with Crippen molar-refractivity contribution in [2.24, 2.45) is 0 Å². The highest BCUT2D eigenvalue weighted by atomic mass is 16.5. The zero-order valence-corrected chi connectivity index (χ0v) is 14.6. The molecule has 0 unspecified atom stereocenters. The van der Waals surface area contributed by atoms with Crippen molar-refractivity contribution in [1.29, 1.82) is 0 Å². The first-order valence-electron chi connectivity index (χ1n) is 7.90. The van der Waals surface area contributed by atoms with E-state index in [0.29, 0.717) is 35.7 Å². The monoisotopic (exact) mass is 342 g/mol. The van der Waals surface area contributed by atoms with Gasteiger partial charge in [-0.25, -0.2) is 0 Å². The fraction of sp³-hybridized carbons (Fsp3) is 0.263. The van der Waals surface area contributed by atoms with Gasteiger partial charge < -0.3 is 20.1 Å². The molecule has 2 amide bonds. The number of carbonyl (C=O) groups is 2. The molecule has 2 N–H and O–H groups in total. The van der Waals surface area contributed by atoms with Gasteiger partial charge in [0.2, 0.25) is 0 Å². The van der Waals surface area contributed by atoms with Gasteiger partial charge in [0.25, 0.3) is 11.8 Å². The van der Waals surface area contributed by atoms with Crippen molar-refractivity contribution in [1.82, 2.24) is 10.6 Å². The minimum absolute atomic E-state index is 0.166. The SMILES string of the molecule is COc1ccc(C(=O)NCCNC(=O)c2ccc(C)cc2)cc1OC. The molecule has 6 heteroatoms. The van der Waals surface area contributed by atoms with E-state index in [9.17, 15) is 9.59 Å². The Morgan fingerprint density at radius 3 is 1.88 bits per heavy atom. The molecule has 0 aromatic heterocycles. The second kappa shape index (κ2) is 8.73. The third-order valence-corrected chi connectivity index (χ3v) is 3.66. The average Bonchev–Trinajstić information content (AvgIpc) is 2.64. The predicted molar refractivity (Wildman–Crippen MR) is 95.4 cm³/mol. The van der Waals surface area contributed by atoms with Crippen LogP contribution in [0.4, 0.5) is 0 Å². The van der Waals surface area contributed by atoms with Crippen LogP contribution in [0, 0.1) is 6.92 Å². The molecule has 0 aliphatic heterocycles. The molecule has 132 valence electrons. The molecule has 0 aliphatic rings. The summed E-state index contributed by atoms with van der Waals surface area (Å²) in [4.78, 5) is 24.1. The molecule has 0 saturated carbocycles. The number of rotatable bonds is 7. The molecule has 0 fully saturated rings. The third-order valence-electron chi connectivity index (χ3n) is 3.66. The van der Waals surface area contributed by atoms with Crippen LogP contribution < -0.4 is 20.1 Å². The van der Waals surface area contributed by atoms with Crippen LogP contribution in [0.3, 0.4) is 0 Å². The van der Waals surface area contributed by atoms with Gasteiger partial charge >= 0.3 is 0 Å². The topological polar surface area (TPSA) is 76.7 Å². The lowest BCUT2D eigenvalue weighted by molar-refractivity contribution is 0.0927. The molecule has 2 rings (SSSR count). The van der Waals surface area contributed by atoms with Crippen LogP contribution in [-0.4, -0.2) is 39.1 Å². The Morgan fingerprint density at radius 1 is 0.800 bits per heavy atom. The summed E-state index contributed by atoms with van der Waals surface area (Å²) in [5.41, 5.74) is 2.15. The summed E-state index contributed by atoms with van der Waals surface area (Å²) in [7, 11) is 3.05. The van der Waals surface area contributed by atoms with E-state index in [1.54, 1.807) is 30.3 Å². The van der Waals surface area contributed by atoms with E-state index in [0.717, 1.165) is 5.56 Å². The van der Waals surface area contributed by atoms with E-state index in [1.165, 1.54) is 14.2 Å². The number of methoxy groups -OCH3 is 2. The maximum Gasteiger partial charge on any atom is 0.251 e. The smallest absolute Gasteiger partial charge is 0.251 e. The zero-order chi connectivity index (χ0) is 18.2. The lowest BCUT2D eigenvalue weighted by atomic mass is 10.1. The largest absolute Gasteiger partial charge is 0.493 e. The Balaban J connectivity index is 1.82. The number of amides is 2. The number of benzene rings is 2. The molecule has 0 saturated heterocycles. The molecule has 0 aliphatic carbocycles. The van der Waals surface area contributed by atoms with Crippen molar-refractivity contribution in [3.8, 4) is 11.5 Å². The Kier molecular flexibility index (Phi) is 6.39. The summed E-state index contributed by atoms with van der Waals surface area (Å²) >= 11 is 0. The molecule has 0 heterocycles. The van der Waals surface area contributed by atoms with Crippen LogP contribution in [0.1, 0.15) is 26.3 Å². The van der Waals surface area contributed by atoms with Crippen LogP contribution in [0.5, 0.6) is 11.5 Å². The van der Waals surface area contributed by atoms with Crippen LogP contribution in [0.2, 0.25) is 0 Å². The maximum atomic E-state index is 12.1. The van der Waals surface area contributed by atoms with Gasteiger partial charge in [-0.15, -0.1) is 0 Å². The molecule has 6 nitrogen and oxygen atoms in total. The van der Waals surface area contributed by atoms with Gasteiger partial charge in [0.1, 0.15) is 0 Å². The summed E-state index contributed by atoms with van der Waals surface area (Å²) < 4.78 is 10.3. The second-order valence-electron chi connectivity index (χ2n) is 5.45. The molecule has 0 radical (unpaired) electrons. The minimum Gasteiger partial charge on any atom is -0.493 e. The molecule has 0 spiro atoms. The molecule has 0 atom stereocenters. The third kappa shape index (κ3) is 4.97. The Morgan fingerprint density at radius 2 is 1.32 bits per heavy atom. The Labute approximate surface area is 147 Å². The first kappa shape index (κ1) is 18.3. The van der Waals surface area contributed by atoms with E-state index in [1.807, 2.05) is 19.1 Å². The zero-order valence-electron chi connectivity index (χ0n) is 14.6. The molecular weight excluding hydrogens is 320 g/mol. The number of nitrogens with one attached hydrogen (secondary N) is 2. The second-order valence-corrected chi connectivity index (χ2v) is 5.45. The van der Waals surface area contributed by atoms with Crippen molar-refractivity contribution in [2.75, 3.05) is 27.3 Å². The van der Waals surface area contributed by atoms with Gasteiger partial charge in [-0.1, -0.05) is 17.7 Å². The molecule has 2 aromatic carbocycles. The first-order chi connectivity index (χ1) is 12.0. The summed E-state index contributed by atoms with van der Waals surface area (Å²) in [5.74, 6) is 0.637. The van der Waals surface area contributed by atoms with Crippen LogP contribution in [-0.2, 0) is 0 Å². The van der Waals surface area contributed by atoms with E-state index in [-0.39, 0.29) is 11.8 Å². The van der Waals surface area contributed by atoms with Crippen LogP contribution in [0.25, 0.3) is 0 Å². The number of aryl methyl sites for hydroxylation is 1. The normalized spacial score (nSPS) is 10.0. The molecule has 0 bridgehead atoms. The van der Waals surface area contributed by atoms with E-state index in [4.69, 9.17) is 9.47 Å². The minimum atomic E-state index is -0.245. The highest BCUT2D eigenvalue weighted by Gasteiger charge is 2.10. The van der Waals surface area contributed by atoms with Crippen molar-refractivity contribution in [3.05, 3.63) is 59.2 Å². The van der Waals surface area contributed by atoms with Gasteiger partial charge in [0.15, 0.2) is 11.5 Å².